The predicted molar refractivity (Wildman–Crippen MR) is 224 cm³/mol. The molecule has 11 nitrogen and oxygen atoms in total. The highest BCUT2D eigenvalue weighted by atomic mass is 35.5. The van der Waals surface area contributed by atoms with Crippen molar-refractivity contribution in [2.24, 2.45) is 0 Å². The number of aromatic nitrogens is 4. The highest BCUT2D eigenvalue weighted by Gasteiger charge is 2.27. The minimum absolute atomic E-state index is 0.000464. The van der Waals surface area contributed by atoms with Crippen LogP contribution in [-0.4, -0.2) is 66.9 Å². The summed E-state index contributed by atoms with van der Waals surface area (Å²) in [5.41, 5.74) is 1.49. The molecule has 0 atom stereocenters. The average molecular weight is 906 g/mol. The van der Waals surface area contributed by atoms with Gasteiger partial charge in [0.15, 0.2) is 57.1 Å². The van der Waals surface area contributed by atoms with Gasteiger partial charge < -0.3 is 23.8 Å². The summed E-state index contributed by atoms with van der Waals surface area (Å²) in [6, 6.07) is 25.2. The second kappa shape index (κ2) is 20.6. The van der Waals surface area contributed by atoms with E-state index >= 15 is 4.39 Å². The van der Waals surface area contributed by atoms with E-state index in [4.69, 9.17) is 72.2 Å². The van der Waals surface area contributed by atoms with E-state index in [-0.39, 0.29) is 76.7 Å². The zero-order valence-corrected chi connectivity index (χ0v) is 35.3. The molecule has 306 valence electrons. The van der Waals surface area contributed by atoms with Crippen LogP contribution in [0.25, 0.3) is 22.8 Å². The van der Waals surface area contributed by atoms with Crippen LogP contribution in [0.2, 0.25) is 25.2 Å². The molecule has 0 spiro atoms. The number of halogens is 7. The van der Waals surface area contributed by atoms with E-state index in [1.807, 2.05) is 53.4 Å². The van der Waals surface area contributed by atoms with E-state index in [1.165, 1.54) is 51.2 Å². The summed E-state index contributed by atoms with van der Waals surface area (Å²) in [7, 11) is 4.96. The molecule has 0 saturated carbocycles. The first kappa shape index (κ1) is 44.8. The van der Waals surface area contributed by atoms with Gasteiger partial charge in [-0.2, -0.15) is 0 Å². The van der Waals surface area contributed by atoms with E-state index in [2.05, 4.69) is 36.8 Å². The van der Waals surface area contributed by atoms with E-state index in [0.29, 0.717) is 6.54 Å². The summed E-state index contributed by atoms with van der Waals surface area (Å²) < 4.78 is 49.2. The van der Waals surface area contributed by atoms with Crippen LogP contribution in [0.1, 0.15) is 33.0 Å². The van der Waals surface area contributed by atoms with Gasteiger partial charge in [-0.3, -0.25) is 0 Å². The number of methoxy groups -OCH3 is 4. The maximum Gasteiger partial charge on any atom is 0.358 e. The Morgan fingerprint density at radius 3 is 1.58 bits per heavy atom. The largest absolute Gasteiger partial charge is 0.492 e. The summed E-state index contributed by atoms with van der Waals surface area (Å²) in [5.74, 6) is -3.42. The number of para-hydroxylation sites is 1. The second-order valence-electron chi connectivity index (χ2n) is 12.0. The first-order chi connectivity index (χ1) is 28.3. The Balaban J connectivity index is 0.000000256. The maximum absolute atomic E-state index is 15.3. The molecule has 6 aromatic rings. The van der Waals surface area contributed by atoms with Crippen LogP contribution >= 0.6 is 58.0 Å². The van der Waals surface area contributed by atoms with Crippen molar-refractivity contribution >= 4 is 81.4 Å². The topological polar surface area (TPSA) is 126 Å². The number of aryl methyl sites for hydroxylation is 1. The van der Waals surface area contributed by atoms with Gasteiger partial charge in [0.2, 0.25) is 0 Å². The zero-order chi connectivity index (χ0) is 42.8. The summed E-state index contributed by atoms with van der Waals surface area (Å²) in [5, 5.41) is -0.213. The van der Waals surface area contributed by atoms with Gasteiger partial charge in [-0.1, -0.05) is 107 Å². The molecular weight excluding hydrogens is 874 g/mol. The molecule has 6 rings (SSSR count). The number of hydrogen-bond donors (Lipinski definition) is 0. The van der Waals surface area contributed by atoms with E-state index < -0.39 is 23.6 Å². The van der Waals surface area contributed by atoms with Crippen LogP contribution in [0.4, 0.5) is 20.3 Å². The number of hydrogen-bond acceptors (Lipinski definition) is 11. The number of anilines is 2. The van der Waals surface area contributed by atoms with E-state index in [0.717, 1.165) is 25.6 Å². The van der Waals surface area contributed by atoms with Crippen molar-refractivity contribution in [3.63, 3.8) is 0 Å². The molecule has 18 heteroatoms. The van der Waals surface area contributed by atoms with Crippen molar-refractivity contribution in [1.29, 1.82) is 0 Å². The smallest absolute Gasteiger partial charge is 0.358 e. The quantitative estimate of drug-likeness (QED) is 0.0860. The van der Waals surface area contributed by atoms with Gasteiger partial charge in [0.25, 0.3) is 0 Å². The molecule has 4 aromatic carbocycles. The van der Waals surface area contributed by atoms with Gasteiger partial charge in [-0.25, -0.2) is 38.3 Å². The molecule has 0 aliphatic rings. The standard InChI is InChI=1S/C28H24Cl2FN3O3.C13H8Cl3FN2O3/c1-36-25-21(29)16-15-20(23(25)31)26-32-24(28(35)37-2)22(30)27(33-26)34(19-13-7-4-8-14-19)17-9-12-18-10-5-3-6-11-18;1-21-10-6(14)4-3-5(8(10)17)12-18-9(13(20)22-2)7(15)11(16)19-12/h3-8,10-11,13-16H,9,12,17H2,1-2H3;3-4H,1-2H3. The third-order valence-electron chi connectivity index (χ3n) is 8.40. The molecule has 0 bridgehead atoms. The van der Waals surface area contributed by atoms with Crippen LogP contribution in [0.3, 0.4) is 0 Å². The molecule has 0 fully saturated rings. The van der Waals surface area contributed by atoms with Crippen LogP contribution < -0.4 is 14.4 Å². The lowest BCUT2D eigenvalue weighted by molar-refractivity contribution is 0.0585. The van der Waals surface area contributed by atoms with E-state index in [9.17, 15) is 14.0 Å². The minimum Gasteiger partial charge on any atom is -0.492 e. The van der Waals surface area contributed by atoms with Crippen molar-refractivity contribution in [2.75, 3.05) is 39.9 Å². The van der Waals surface area contributed by atoms with Crippen molar-refractivity contribution in [3.8, 4) is 34.3 Å². The van der Waals surface area contributed by atoms with Crippen molar-refractivity contribution < 1.29 is 37.3 Å². The fraction of sp³-hybridized carbons (Fsp3) is 0.171. The van der Waals surface area contributed by atoms with Crippen LogP contribution in [0.15, 0.2) is 84.9 Å². The molecule has 59 heavy (non-hydrogen) atoms. The number of nitrogens with zero attached hydrogens (tertiary/aromatic N) is 5. The Morgan fingerprint density at radius 2 is 1.08 bits per heavy atom. The predicted octanol–water partition coefficient (Wildman–Crippen LogP) is 11.2. The lowest BCUT2D eigenvalue weighted by Crippen LogP contribution is -2.22. The normalized spacial score (nSPS) is 10.6. The number of esters is 2. The molecular formula is C41H32Cl5F2N5O6. The molecule has 0 unspecified atom stereocenters. The number of rotatable bonds is 12. The highest BCUT2D eigenvalue weighted by molar-refractivity contribution is 6.43. The monoisotopic (exact) mass is 903 g/mol. The summed E-state index contributed by atoms with van der Waals surface area (Å²) in [6.45, 7) is 0.516. The van der Waals surface area contributed by atoms with Crippen LogP contribution in [0, 0.1) is 11.6 Å². The molecule has 0 saturated heterocycles. The minimum atomic E-state index is -0.822. The van der Waals surface area contributed by atoms with Crippen molar-refractivity contribution in [2.45, 2.75) is 12.8 Å². The van der Waals surface area contributed by atoms with Crippen LogP contribution in [0.5, 0.6) is 11.5 Å². The Morgan fingerprint density at radius 1 is 0.610 bits per heavy atom. The number of benzene rings is 4. The molecule has 0 N–H and O–H groups in total. The molecule has 2 aromatic heterocycles. The first-order valence-corrected chi connectivity index (χ1v) is 19.1. The number of carbonyl (C=O) groups excluding carboxylic acids is 2. The lowest BCUT2D eigenvalue weighted by Gasteiger charge is -2.26. The van der Waals surface area contributed by atoms with Crippen LogP contribution in [-0.2, 0) is 15.9 Å². The maximum atomic E-state index is 15.3. The van der Waals surface area contributed by atoms with Crippen molar-refractivity contribution in [1.82, 2.24) is 19.9 Å². The summed E-state index contributed by atoms with van der Waals surface area (Å²) in [6.07, 6.45) is 1.57. The van der Waals surface area contributed by atoms with Gasteiger partial charge in [0, 0.05) is 12.2 Å². The second-order valence-corrected chi connectivity index (χ2v) is 13.9. The Bertz CT molecular complexity index is 2470. The third-order valence-corrected chi connectivity index (χ3v) is 10.1. The number of ether oxygens (including phenoxy) is 4. The molecule has 0 aliphatic heterocycles. The first-order valence-electron chi connectivity index (χ1n) is 17.2. The molecule has 2 heterocycles. The van der Waals surface area contributed by atoms with Gasteiger partial charge in [0.05, 0.1) is 49.6 Å². The third kappa shape index (κ3) is 10.3. The van der Waals surface area contributed by atoms with Gasteiger partial charge in [0.1, 0.15) is 10.0 Å². The average Bonchev–Trinajstić information content (AvgIpc) is 3.24. The fourth-order valence-electron chi connectivity index (χ4n) is 5.57. The SMILES string of the molecule is COC(=O)c1nc(-c2ccc(Cl)c(OC)c2F)nc(Cl)c1Cl.COC(=O)c1nc(-c2ccc(Cl)c(OC)c2F)nc(N(CCCc2ccccc2)c2ccccc2)c1Cl. The summed E-state index contributed by atoms with van der Waals surface area (Å²) >= 11 is 30.3. The van der Waals surface area contributed by atoms with Gasteiger partial charge in [-0.15, -0.1) is 0 Å². The van der Waals surface area contributed by atoms with Gasteiger partial charge in [-0.05, 0) is 54.8 Å². The molecule has 0 radical (unpaired) electrons. The van der Waals surface area contributed by atoms with E-state index in [1.54, 1.807) is 0 Å². The molecule has 0 amide bonds. The Labute approximate surface area is 362 Å². The fourth-order valence-corrected chi connectivity index (χ4v) is 6.62. The summed E-state index contributed by atoms with van der Waals surface area (Å²) in [4.78, 5) is 42.8. The molecule has 0 aliphatic carbocycles. The Kier molecular flexibility index (Phi) is 15.6. The Hall–Kier alpha value is -5.31. The lowest BCUT2D eigenvalue weighted by atomic mass is 10.1. The number of carbonyl (C=O) groups is 2. The highest BCUT2D eigenvalue weighted by Crippen LogP contribution is 2.39. The van der Waals surface area contributed by atoms with Crippen molar-refractivity contribution in [3.05, 3.63) is 139 Å². The van der Waals surface area contributed by atoms with Gasteiger partial charge >= 0.3 is 11.9 Å². The zero-order valence-electron chi connectivity index (χ0n) is 31.5.